The molecule has 0 aliphatic rings. The molecule has 0 aliphatic heterocycles. The third-order valence-electron chi connectivity index (χ3n) is 3.46. The molecule has 4 heteroatoms. The molecule has 0 radical (unpaired) electrons. The Labute approximate surface area is 129 Å². The first-order chi connectivity index (χ1) is 10.1. The van der Waals surface area contributed by atoms with Gasteiger partial charge in [-0.1, -0.05) is 43.6 Å². The molecule has 0 atom stereocenters. The Morgan fingerprint density at radius 3 is 2.71 bits per heavy atom. The average molecular weight is 300 g/mol. The van der Waals surface area contributed by atoms with E-state index in [2.05, 4.69) is 29.5 Å². The molecule has 108 valence electrons. The van der Waals surface area contributed by atoms with Gasteiger partial charge in [0.25, 0.3) is 0 Å². The molecule has 2 heterocycles. The van der Waals surface area contributed by atoms with Crippen LogP contribution in [-0.2, 0) is 13.0 Å². The Hall–Kier alpha value is -1.87. The van der Waals surface area contributed by atoms with Gasteiger partial charge in [0, 0.05) is 17.6 Å². The predicted octanol–water partition coefficient (Wildman–Crippen LogP) is 4.33. The number of benzene rings is 1. The Kier molecular flexibility index (Phi) is 3.93. The zero-order valence-electron chi connectivity index (χ0n) is 12.3. The van der Waals surface area contributed by atoms with Gasteiger partial charge in [-0.2, -0.15) is 0 Å². The molecule has 0 N–H and O–H groups in total. The summed E-state index contributed by atoms with van der Waals surface area (Å²) in [7, 11) is 0. The molecule has 0 spiro atoms. The molecule has 0 saturated heterocycles. The summed E-state index contributed by atoms with van der Waals surface area (Å²) in [6, 6.07) is 11.9. The van der Waals surface area contributed by atoms with E-state index in [9.17, 15) is 0 Å². The molecule has 0 bridgehead atoms. The van der Waals surface area contributed by atoms with Crippen molar-refractivity contribution in [2.24, 2.45) is 5.92 Å². The van der Waals surface area contributed by atoms with E-state index in [-0.39, 0.29) is 0 Å². The van der Waals surface area contributed by atoms with Gasteiger partial charge in [-0.25, -0.2) is 9.97 Å². The number of pyridine rings is 1. The lowest BCUT2D eigenvalue weighted by atomic mass is 10.1. The van der Waals surface area contributed by atoms with Crippen LogP contribution in [0.1, 0.15) is 25.2 Å². The maximum absolute atomic E-state index is 6.30. The van der Waals surface area contributed by atoms with Gasteiger partial charge < -0.3 is 4.57 Å². The number of aromatic nitrogens is 3. The maximum atomic E-state index is 6.30. The second-order valence-electron chi connectivity index (χ2n) is 5.65. The summed E-state index contributed by atoms with van der Waals surface area (Å²) in [6.07, 6.45) is 2.74. The summed E-state index contributed by atoms with van der Waals surface area (Å²) in [5.41, 5.74) is 2.96. The summed E-state index contributed by atoms with van der Waals surface area (Å²) in [6.45, 7) is 5.11. The maximum Gasteiger partial charge on any atom is 0.160 e. The Morgan fingerprint density at radius 2 is 1.95 bits per heavy atom. The van der Waals surface area contributed by atoms with Crippen molar-refractivity contribution in [3.8, 4) is 0 Å². The van der Waals surface area contributed by atoms with Crippen LogP contribution in [0.15, 0.2) is 42.6 Å². The van der Waals surface area contributed by atoms with Crippen molar-refractivity contribution < 1.29 is 0 Å². The SMILES string of the molecule is CC(C)Cc1nc2cccnc2n1Cc1ccccc1Cl. The predicted molar refractivity (Wildman–Crippen MR) is 86.6 cm³/mol. The highest BCUT2D eigenvalue weighted by Crippen LogP contribution is 2.21. The normalized spacial score (nSPS) is 11.4. The number of nitrogens with zero attached hydrogens (tertiary/aromatic N) is 3. The van der Waals surface area contributed by atoms with E-state index in [0.717, 1.165) is 34.0 Å². The lowest BCUT2D eigenvalue weighted by molar-refractivity contribution is 0.594. The lowest BCUT2D eigenvalue weighted by Gasteiger charge is -2.11. The van der Waals surface area contributed by atoms with Crippen molar-refractivity contribution >= 4 is 22.8 Å². The largest absolute Gasteiger partial charge is 0.308 e. The van der Waals surface area contributed by atoms with Crippen molar-refractivity contribution in [3.05, 3.63) is 59.0 Å². The van der Waals surface area contributed by atoms with Crippen LogP contribution < -0.4 is 0 Å². The van der Waals surface area contributed by atoms with Crippen molar-refractivity contribution in [1.29, 1.82) is 0 Å². The van der Waals surface area contributed by atoms with E-state index in [1.165, 1.54) is 0 Å². The highest BCUT2D eigenvalue weighted by atomic mass is 35.5. The van der Waals surface area contributed by atoms with E-state index in [4.69, 9.17) is 16.6 Å². The first-order valence-corrected chi connectivity index (χ1v) is 7.56. The fourth-order valence-corrected chi connectivity index (χ4v) is 2.68. The summed E-state index contributed by atoms with van der Waals surface area (Å²) in [5.74, 6) is 1.62. The van der Waals surface area contributed by atoms with Crippen LogP contribution in [0.3, 0.4) is 0 Å². The smallest absolute Gasteiger partial charge is 0.160 e. The van der Waals surface area contributed by atoms with Crippen molar-refractivity contribution in [2.45, 2.75) is 26.8 Å². The van der Waals surface area contributed by atoms with Gasteiger partial charge in [-0.3, -0.25) is 0 Å². The minimum Gasteiger partial charge on any atom is -0.308 e. The van der Waals surface area contributed by atoms with Gasteiger partial charge in [0.05, 0.1) is 6.54 Å². The van der Waals surface area contributed by atoms with E-state index >= 15 is 0 Å². The quantitative estimate of drug-likeness (QED) is 0.718. The third kappa shape index (κ3) is 2.93. The summed E-state index contributed by atoms with van der Waals surface area (Å²) < 4.78 is 2.18. The first-order valence-electron chi connectivity index (χ1n) is 7.18. The molecule has 0 amide bonds. The van der Waals surface area contributed by atoms with Crippen LogP contribution in [0, 0.1) is 5.92 Å². The molecule has 0 aliphatic carbocycles. The molecule has 0 fully saturated rings. The number of fused-ring (bicyclic) bond motifs is 1. The van der Waals surface area contributed by atoms with Gasteiger partial charge in [-0.15, -0.1) is 0 Å². The first kappa shape index (κ1) is 14.1. The fraction of sp³-hybridized carbons (Fsp3) is 0.294. The van der Waals surface area contributed by atoms with Crippen LogP contribution in [0.2, 0.25) is 5.02 Å². The van der Waals surface area contributed by atoms with E-state index in [1.807, 2.05) is 36.5 Å². The number of rotatable bonds is 4. The molecule has 0 saturated carbocycles. The lowest BCUT2D eigenvalue weighted by Crippen LogP contribution is -2.08. The van der Waals surface area contributed by atoms with Crippen molar-refractivity contribution in [1.82, 2.24) is 14.5 Å². The molecule has 0 unspecified atom stereocenters. The Morgan fingerprint density at radius 1 is 1.14 bits per heavy atom. The molecular formula is C17H18ClN3. The zero-order chi connectivity index (χ0) is 14.8. The molecular weight excluding hydrogens is 282 g/mol. The Balaban J connectivity index is 2.09. The monoisotopic (exact) mass is 299 g/mol. The summed E-state index contributed by atoms with van der Waals surface area (Å²) in [5, 5.41) is 0.783. The van der Waals surface area contributed by atoms with Gasteiger partial charge >= 0.3 is 0 Å². The fourth-order valence-electron chi connectivity index (χ4n) is 2.49. The number of halogens is 1. The molecule has 1 aromatic carbocycles. The molecule has 3 rings (SSSR count). The molecule has 3 aromatic rings. The zero-order valence-corrected chi connectivity index (χ0v) is 13.0. The van der Waals surface area contributed by atoms with E-state index in [1.54, 1.807) is 0 Å². The molecule has 3 nitrogen and oxygen atoms in total. The minimum atomic E-state index is 0.548. The van der Waals surface area contributed by atoms with E-state index < -0.39 is 0 Å². The van der Waals surface area contributed by atoms with Gasteiger partial charge in [0.1, 0.15) is 11.3 Å². The van der Waals surface area contributed by atoms with Crippen LogP contribution in [0.25, 0.3) is 11.2 Å². The van der Waals surface area contributed by atoms with E-state index in [0.29, 0.717) is 12.5 Å². The number of hydrogen-bond donors (Lipinski definition) is 0. The average Bonchev–Trinajstić information content (AvgIpc) is 2.78. The molecule has 2 aromatic heterocycles. The molecule has 21 heavy (non-hydrogen) atoms. The van der Waals surface area contributed by atoms with Gasteiger partial charge in [0.2, 0.25) is 0 Å². The topological polar surface area (TPSA) is 30.7 Å². The van der Waals surface area contributed by atoms with Crippen LogP contribution >= 0.6 is 11.6 Å². The number of hydrogen-bond acceptors (Lipinski definition) is 2. The second-order valence-corrected chi connectivity index (χ2v) is 6.06. The second kappa shape index (κ2) is 5.86. The standard InChI is InChI=1S/C17H18ClN3/c1-12(2)10-16-20-15-8-5-9-19-17(15)21(16)11-13-6-3-4-7-14(13)18/h3-9,12H,10-11H2,1-2H3. The summed E-state index contributed by atoms with van der Waals surface area (Å²) in [4.78, 5) is 9.23. The van der Waals surface area contributed by atoms with Gasteiger partial charge in [0.15, 0.2) is 5.65 Å². The Bertz CT molecular complexity index is 762. The highest BCUT2D eigenvalue weighted by molar-refractivity contribution is 6.31. The van der Waals surface area contributed by atoms with Gasteiger partial charge in [-0.05, 0) is 29.7 Å². The van der Waals surface area contributed by atoms with Crippen molar-refractivity contribution in [2.75, 3.05) is 0 Å². The number of imidazole rings is 1. The highest BCUT2D eigenvalue weighted by Gasteiger charge is 2.14. The minimum absolute atomic E-state index is 0.548. The van der Waals surface area contributed by atoms with Crippen molar-refractivity contribution in [3.63, 3.8) is 0 Å². The van der Waals surface area contributed by atoms with Crippen LogP contribution in [0.5, 0.6) is 0 Å². The van der Waals surface area contributed by atoms with Crippen LogP contribution in [-0.4, -0.2) is 14.5 Å². The third-order valence-corrected chi connectivity index (χ3v) is 3.83. The van der Waals surface area contributed by atoms with Crippen LogP contribution in [0.4, 0.5) is 0 Å². The summed E-state index contributed by atoms with van der Waals surface area (Å²) >= 11 is 6.30.